The molecule has 0 fully saturated rings. The first kappa shape index (κ1) is 13.4. The Bertz CT molecular complexity index is 708. The van der Waals surface area contributed by atoms with Gasteiger partial charge in [-0.25, -0.2) is 4.39 Å². The third kappa shape index (κ3) is 2.27. The van der Waals surface area contributed by atoms with Crippen LogP contribution in [0, 0.1) is 5.82 Å². The van der Waals surface area contributed by atoms with Gasteiger partial charge in [0, 0.05) is 15.1 Å². The summed E-state index contributed by atoms with van der Waals surface area (Å²) in [6, 6.07) is 9.39. The number of halogens is 3. The van der Waals surface area contributed by atoms with Gasteiger partial charge in [0.05, 0.1) is 5.69 Å². The van der Waals surface area contributed by atoms with E-state index in [1.165, 1.54) is 12.1 Å². The number of nitrogens with one attached hydrogen (secondary N) is 1. The van der Waals surface area contributed by atoms with Crippen LogP contribution in [0.15, 0.2) is 40.9 Å². The van der Waals surface area contributed by atoms with Crippen LogP contribution in [0.5, 0.6) is 5.75 Å². The molecule has 6 heteroatoms. The average Bonchev–Trinajstić information content (AvgIpc) is 2.40. The first-order valence-corrected chi connectivity index (χ1v) is 6.94. The van der Waals surface area contributed by atoms with Crippen LogP contribution in [0.2, 0.25) is 5.02 Å². The molecule has 20 heavy (non-hydrogen) atoms. The molecule has 3 rings (SSSR count). The highest BCUT2D eigenvalue weighted by Gasteiger charge is 2.32. The maximum absolute atomic E-state index is 13.9. The van der Waals surface area contributed by atoms with Crippen LogP contribution in [0.25, 0.3) is 0 Å². The molecule has 0 aromatic heterocycles. The third-order valence-electron chi connectivity index (χ3n) is 2.95. The van der Waals surface area contributed by atoms with Crippen LogP contribution in [0.3, 0.4) is 0 Å². The molecule has 1 aliphatic rings. The number of anilines is 1. The highest BCUT2D eigenvalue weighted by molar-refractivity contribution is 9.10. The molecule has 2 aromatic carbocycles. The normalized spacial score (nSPS) is 17.1. The van der Waals surface area contributed by atoms with E-state index in [1.807, 2.05) is 0 Å². The number of benzene rings is 2. The minimum atomic E-state index is -1.03. The van der Waals surface area contributed by atoms with Gasteiger partial charge in [-0.05, 0) is 40.2 Å². The Kier molecular flexibility index (Phi) is 3.40. The van der Waals surface area contributed by atoms with Crippen molar-refractivity contribution < 1.29 is 13.9 Å². The Hall–Kier alpha value is -1.59. The molecule has 0 aliphatic carbocycles. The lowest BCUT2D eigenvalue weighted by molar-refractivity contribution is -0.123. The number of fused-ring (bicyclic) bond motifs is 1. The average molecular weight is 357 g/mol. The number of amides is 1. The molecule has 0 saturated heterocycles. The van der Waals surface area contributed by atoms with Gasteiger partial charge in [0.1, 0.15) is 11.6 Å². The summed E-state index contributed by atoms with van der Waals surface area (Å²) in [5.74, 6) is -0.514. The quantitative estimate of drug-likeness (QED) is 0.826. The fourth-order valence-electron chi connectivity index (χ4n) is 2.01. The first-order valence-electron chi connectivity index (χ1n) is 5.77. The molecule has 3 nitrogen and oxygen atoms in total. The SMILES string of the molecule is O=C1Nc2c(Br)cccc2OC1c1ccc(Cl)cc1F. The van der Waals surface area contributed by atoms with Gasteiger partial charge < -0.3 is 10.1 Å². The lowest BCUT2D eigenvalue weighted by Crippen LogP contribution is -2.30. The van der Waals surface area contributed by atoms with Gasteiger partial charge >= 0.3 is 0 Å². The van der Waals surface area contributed by atoms with Crippen LogP contribution >= 0.6 is 27.5 Å². The topological polar surface area (TPSA) is 38.3 Å². The van der Waals surface area contributed by atoms with Gasteiger partial charge in [-0.3, -0.25) is 4.79 Å². The van der Waals surface area contributed by atoms with Crippen LogP contribution in [-0.4, -0.2) is 5.91 Å². The monoisotopic (exact) mass is 355 g/mol. The maximum atomic E-state index is 13.9. The van der Waals surface area contributed by atoms with E-state index in [0.29, 0.717) is 15.9 Å². The van der Waals surface area contributed by atoms with Crippen molar-refractivity contribution in [2.24, 2.45) is 0 Å². The number of hydrogen-bond donors (Lipinski definition) is 1. The number of para-hydroxylation sites is 1. The molecule has 0 bridgehead atoms. The van der Waals surface area contributed by atoms with E-state index in [1.54, 1.807) is 18.2 Å². The van der Waals surface area contributed by atoms with Crippen molar-refractivity contribution in [3.63, 3.8) is 0 Å². The summed E-state index contributed by atoms with van der Waals surface area (Å²) in [5, 5.41) is 2.98. The van der Waals surface area contributed by atoms with Gasteiger partial charge in [-0.15, -0.1) is 0 Å². The van der Waals surface area contributed by atoms with Crippen molar-refractivity contribution in [1.29, 1.82) is 0 Å². The smallest absolute Gasteiger partial charge is 0.270 e. The minimum Gasteiger partial charge on any atom is -0.473 e. The van der Waals surface area contributed by atoms with E-state index in [-0.39, 0.29) is 10.6 Å². The number of rotatable bonds is 1. The molecule has 1 unspecified atom stereocenters. The lowest BCUT2D eigenvalue weighted by Gasteiger charge is -2.27. The van der Waals surface area contributed by atoms with Gasteiger partial charge in [-0.2, -0.15) is 0 Å². The van der Waals surface area contributed by atoms with Crippen molar-refractivity contribution in [3.8, 4) is 5.75 Å². The molecule has 1 aliphatic heterocycles. The van der Waals surface area contributed by atoms with Crippen LogP contribution in [0.4, 0.5) is 10.1 Å². The predicted octanol–water partition coefficient (Wildman–Crippen LogP) is 4.31. The van der Waals surface area contributed by atoms with Gasteiger partial charge in [0.25, 0.3) is 5.91 Å². The number of ether oxygens (including phenoxy) is 1. The van der Waals surface area contributed by atoms with Gasteiger partial charge in [-0.1, -0.05) is 23.7 Å². The van der Waals surface area contributed by atoms with E-state index in [2.05, 4.69) is 21.2 Å². The zero-order valence-corrected chi connectivity index (χ0v) is 12.3. The standard InChI is InChI=1S/C14H8BrClFNO2/c15-9-2-1-3-11-12(9)18-14(19)13(20-11)8-5-4-7(16)6-10(8)17/h1-6,13H,(H,18,19). The Morgan fingerprint density at radius 1 is 1.30 bits per heavy atom. The molecule has 1 atom stereocenters. The third-order valence-corrected chi connectivity index (χ3v) is 3.85. The van der Waals surface area contributed by atoms with Crippen molar-refractivity contribution in [3.05, 3.63) is 57.3 Å². The largest absolute Gasteiger partial charge is 0.473 e. The fourth-order valence-corrected chi connectivity index (χ4v) is 2.62. The summed E-state index contributed by atoms with van der Waals surface area (Å²) < 4.78 is 20.2. The maximum Gasteiger partial charge on any atom is 0.270 e. The number of carbonyl (C=O) groups is 1. The van der Waals surface area contributed by atoms with E-state index in [4.69, 9.17) is 16.3 Å². The summed E-state index contributed by atoms with van der Waals surface area (Å²) in [6.45, 7) is 0. The van der Waals surface area contributed by atoms with Crippen molar-refractivity contribution in [1.82, 2.24) is 0 Å². The minimum absolute atomic E-state index is 0.150. The molecule has 102 valence electrons. The van der Waals surface area contributed by atoms with Crippen molar-refractivity contribution in [2.45, 2.75) is 6.10 Å². The molecular formula is C14H8BrClFNO2. The second kappa shape index (κ2) is 5.07. The Labute approximate surface area is 127 Å². The Morgan fingerprint density at radius 3 is 2.85 bits per heavy atom. The molecule has 1 heterocycles. The molecule has 1 amide bonds. The van der Waals surface area contributed by atoms with Crippen LogP contribution in [0.1, 0.15) is 11.7 Å². The molecule has 0 spiro atoms. The van der Waals surface area contributed by atoms with Crippen molar-refractivity contribution >= 4 is 39.1 Å². The van der Waals surface area contributed by atoms with E-state index >= 15 is 0 Å². The fraction of sp³-hybridized carbons (Fsp3) is 0.0714. The highest BCUT2D eigenvalue weighted by atomic mass is 79.9. The molecule has 2 aromatic rings. The van der Waals surface area contributed by atoms with Crippen LogP contribution < -0.4 is 10.1 Å². The van der Waals surface area contributed by atoms with Crippen LogP contribution in [-0.2, 0) is 4.79 Å². The molecule has 0 radical (unpaired) electrons. The van der Waals surface area contributed by atoms with Gasteiger partial charge in [0.2, 0.25) is 6.10 Å². The van der Waals surface area contributed by atoms with Gasteiger partial charge in [0.15, 0.2) is 0 Å². The zero-order chi connectivity index (χ0) is 14.3. The molecule has 0 saturated carbocycles. The van der Waals surface area contributed by atoms with E-state index < -0.39 is 17.8 Å². The van der Waals surface area contributed by atoms with E-state index in [9.17, 15) is 9.18 Å². The second-order valence-electron chi connectivity index (χ2n) is 4.27. The lowest BCUT2D eigenvalue weighted by atomic mass is 10.1. The first-order chi connectivity index (χ1) is 9.56. The summed E-state index contributed by atoms with van der Waals surface area (Å²) >= 11 is 9.03. The summed E-state index contributed by atoms with van der Waals surface area (Å²) in [6.07, 6.45) is -1.03. The van der Waals surface area contributed by atoms with Crippen molar-refractivity contribution in [2.75, 3.05) is 5.32 Å². The number of carbonyl (C=O) groups excluding carboxylic acids is 1. The summed E-state index contributed by atoms with van der Waals surface area (Å²) in [4.78, 5) is 12.1. The Balaban J connectivity index is 2.02. The highest BCUT2D eigenvalue weighted by Crippen LogP contribution is 2.40. The molecular weight excluding hydrogens is 349 g/mol. The Morgan fingerprint density at radius 2 is 2.10 bits per heavy atom. The summed E-state index contributed by atoms with van der Waals surface area (Å²) in [7, 11) is 0. The molecule has 1 N–H and O–H groups in total. The zero-order valence-electron chi connectivity index (χ0n) is 9.99. The summed E-state index contributed by atoms with van der Waals surface area (Å²) in [5.41, 5.74) is 0.695. The predicted molar refractivity (Wildman–Crippen MR) is 77.6 cm³/mol. The number of hydrogen-bond acceptors (Lipinski definition) is 2. The van der Waals surface area contributed by atoms with E-state index in [0.717, 1.165) is 6.07 Å². The second-order valence-corrected chi connectivity index (χ2v) is 5.56.